The van der Waals surface area contributed by atoms with E-state index in [2.05, 4.69) is 64.4 Å². The molecular weight excluding hydrogens is 184 g/mol. The molecule has 0 spiro atoms. The van der Waals surface area contributed by atoms with Crippen molar-refractivity contribution in [2.75, 3.05) is 0 Å². The number of hydrogen-bond donors (Lipinski definition) is 0. The van der Waals surface area contributed by atoms with Crippen LogP contribution in [0.1, 0.15) is 59.7 Å². The Morgan fingerprint density at radius 1 is 1.13 bits per heavy atom. The zero-order valence-electron chi connectivity index (χ0n) is 11.2. The molecule has 0 aliphatic rings. The van der Waals surface area contributed by atoms with Crippen molar-refractivity contribution in [3.05, 3.63) is 17.5 Å². The van der Waals surface area contributed by atoms with Crippen LogP contribution in [0.3, 0.4) is 0 Å². The molecule has 1 rings (SSSR count). The van der Waals surface area contributed by atoms with E-state index in [1.165, 1.54) is 11.3 Å². The second-order valence-electron chi connectivity index (χ2n) is 6.21. The van der Waals surface area contributed by atoms with Crippen molar-refractivity contribution >= 4 is 0 Å². The van der Waals surface area contributed by atoms with Gasteiger partial charge in [0.2, 0.25) is 0 Å². The van der Waals surface area contributed by atoms with Crippen molar-refractivity contribution < 1.29 is 0 Å². The van der Waals surface area contributed by atoms with E-state index in [9.17, 15) is 0 Å². The van der Waals surface area contributed by atoms with E-state index >= 15 is 0 Å². The van der Waals surface area contributed by atoms with Gasteiger partial charge in [-0.2, -0.15) is 5.10 Å². The number of rotatable bonds is 1. The fourth-order valence-electron chi connectivity index (χ4n) is 1.64. The van der Waals surface area contributed by atoms with Crippen LogP contribution in [0.4, 0.5) is 0 Å². The normalized spacial score (nSPS) is 13.3. The minimum absolute atomic E-state index is 0.0768. The van der Waals surface area contributed by atoms with E-state index in [0.717, 1.165) is 6.42 Å². The molecule has 86 valence electrons. The Morgan fingerprint density at radius 3 is 1.93 bits per heavy atom. The molecule has 0 aliphatic carbocycles. The first-order valence-electron chi connectivity index (χ1n) is 5.75. The molecular formula is C13H24N2. The van der Waals surface area contributed by atoms with Gasteiger partial charge in [-0.05, 0) is 38.2 Å². The lowest BCUT2D eigenvalue weighted by molar-refractivity contribution is 0.353. The Kier molecular flexibility index (Phi) is 2.99. The van der Waals surface area contributed by atoms with Gasteiger partial charge in [-0.1, -0.05) is 27.7 Å². The molecule has 0 aromatic carbocycles. The highest BCUT2D eigenvalue weighted by Gasteiger charge is 2.23. The predicted octanol–water partition coefficient (Wildman–Crippen LogP) is 3.50. The zero-order valence-corrected chi connectivity index (χ0v) is 11.2. The van der Waals surface area contributed by atoms with E-state index in [4.69, 9.17) is 0 Å². The third kappa shape index (κ3) is 2.61. The van der Waals surface area contributed by atoms with Gasteiger partial charge in [0, 0.05) is 6.20 Å². The third-order valence-electron chi connectivity index (χ3n) is 2.62. The Hall–Kier alpha value is -0.790. The van der Waals surface area contributed by atoms with Crippen LogP contribution in [-0.2, 0) is 17.4 Å². The van der Waals surface area contributed by atoms with Crippen LogP contribution in [0, 0.1) is 0 Å². The topological polar surface area (TPSA) is 17.8 Å². The zero-order chi connectivity index (χ0) is 11.9. The van der Waals surface area contributed by atoms with E-state index in [1.807, 2.05) is 0 Å². The minimum Gasteiger partial charge on any atom is -0.267 e. The lowest BCUT2D eigenvalue weighted by atomic mass is 9.87. The number of aryl methyl sites for hydroxylation is 1. The molecule has 1 aromatic heterocycles. The third-order valence-corrected chi connectivity index (χ3v) is 2.62. The molecule has 0 fully saturated rings. The summed E-state index contributed by atoms with van der Waals surface area (Å²) in [6, 6.07) is 0. The molecule has 0 unspecified atom stereocenters. The molecule has 0 bridgehead atoms. The van der Waals surface area contributed by atoms with Crippen molar-refractivity contribution in [3.8, 4) is 0 Å². The molecule has 0 saturated heterocycles. The number of nitrogens with zero attached hydrogens (tertiary/aromatic N) is 2. The molecule has 15 heavy (non-hydrogen) atoms. The smallest absolute Gasteiger partial charge is 0.0659 e. The maximum absolute atomic E-state index is 4.68. The first-order valence-corrected chi connectivity index (χ1v) is 5.75. The number of aromatic nitrogens is 2. The lowest BCUT2D eigenvalue weighted by Gasteiger charge is -2.20. The highest BCUT2D eigenvalue weighted by Crippen LogP contribution is 2.27. The van der Waals surface area contributed by atoms with Gasteiger partial charge < -0.3 is 0 Å². The molecule has 0 atom stereocenters. The largest absolute Gasteiger partial charge is 0.267 e. The van der Waals surface area contributed by atoms with Gasteiger partial charge in [0.1, 0.15) is 0 Å². The monoisotopic (exact) mass is 208 g/mol. The molecule has 0 N–H and O–H groups in total. The second-order valence-corrected chi connectivity index (χ2v) is 6.21. The average molecular weight is 208 g/mol. The number of hydrogen-bond acceptors (Lipinski definition) is 1. The van der Waals surface area contributed by atoms with Crippen LogP contribution in [0.15, 0.2) is 6.20 Å². The molecule has 2 heteroatoms. The highest BCUT2D eigenvalue weighted by molar-refractivity contribution is 5.25. The molecule has 2 nitrogen and oxygen atoms in total. The van der Waals surface area contributed by atoms with Gasteiger partial charge in [-0.25, -0.2) is 0 Å². The van der Waals surface area contributed by atoms with Crippen LogP contribution in [0.2, 0.25) is 0 Å². The van der Waals surface area contributed by atoms with Gasteiger partial charge >= 0.3 is 0 Å². The van der Waals surface area contributed by atoms with Crippen LogP contribution < -0.4 is 0 Å². The van der Waals surface area contributed by atoms with Gasteiger partial charge in [-0.15, -0.1) is 0 Å². The Labute approximate surface area is 93.7 Å². The summed E-state index contributed by atoms with van der Waals surface area (Å²) in [7, 11) is 0. The van der Waals surface area contributed by atoms with Crippen LogP contribution in [-0.4, -0.2) is 9.78 Å². The minimum atomic E-state index is 0.0768. The summed E-state index contributed by atoms with van der Waals surface area (Å²) in [6.07, 6.45) is 3.22. The Morgan fingerprint density at radius 2 is 1.67 bits per heavy atom. The summed E-state index contributed by atoms with van der Waals surface area (Å²) < 4.78 is 2.09. The summed E-state index contributed by atoms with van der Waals surface area (Å²) in [4.78, 5) is 0. The molecule has 1 aromatic rings. The van der Waals surface area contributed by atoms with Gasteiger partial charge in [0.25, 0.3) is 0 Å². The van der Waals surface area contributed by atoms with Crippen molar-refractivity contribution in [2.45, 2.75) is 65.8 Å². The SMILES string of the molecule is CCc1nn(C(C)(C)C)cc1C(C)(C)C. The maximum Gasteiger partial charge on any atom is 0.0659 e. The molecule has 1 heterocycles. The Balaban J connectivity index is 3.24. The average Bonchev–Trinajstić information content (AvgIpc) is 2.44. The molecule has 0 saturated carbocycles. The quantitative estimate of drug-likeness (QED) is 0.690. The van der Waals surface area contributed by atoms with Crippen LogP contribution >= 0.6 is 0 Å². The highest BCUT2D eigenvalue weighted by atomic mass is 15.3. The van der Waals surface area contributed by atoms with Crippen LogP contribution in [0.5, 0.6) is 0 Å². The van der Waals surface area contributed by atoms with Crippen molar-refractivity contribution in [1.82, 2.24) is 9.78 Å². The van der Waals surface area contributed by atoms with Crippen molar-refractivity contribution in [1.29, 1.82) is 0 Å². The van der Waals surface area contributed by atoms with Crippen molar-refractivity contribution in [3.63, 3.8) is 0 Å². The standard InChI is InChI=1S/C13H24N2/c1-8-11-10(12(2,3)4)9-15(14-11)13(5,6)7/h9H,8H2,1-7H3. The molecule has 0 aliphatic heterocycles. The first kappa shape index (κ1) is 12.3. The molecule has 0 radical (unpaired) electrons. The van der Waals surface area contributed by atoms with Crippen LogP contribution in [0.25, 0.3) is 0 Å². The van der Waals surface area contributed by atoms with E-state index in [-0.39, 0.29) is 11.0 Å². The predicted molar refractivity (Wildman–Crippen MR) is 65.3 cm³/mol. The van der Waals surface area contributed by atoms with Gasteiger partial charge in [0.05, 0.1) is 11.2 Å². The van der Waals surface area contributed by atoms with E-state index < -0.39 is 0 Å². The van der Waals surface area contributed by atoms with E-state index in [1.54, 1.807) is 0 Å². The summed E-state index contributed by atoms with van der Waals surface area (Å²) in [5.41, 5.74) is 2.87. The summed E-state index contributed by atoms with van der Waals surface area (Å²) >= 11 is 0. The second kappa shape index (κ2) is 3.66. The van der Waals surface area contributed by atoms with Gasteiger partial charge in [-0.3, -0.25) is 4.68 Å². The van der Waals surface area contributed by atoms with Crippen molar-refractivity contribution in [2.24, 2.45) is 0 Å². The fourth-order valence-corrected chi connectivity index (χ4v) is 1.64. The van der Waals surface area contributed by atoms with E-state index in [0.29, 0.717) is 0 Å². The maximum atomic E-state index is 4.68. The summed E-state index contributed by atoms with van der Waals surface area (Å²) in [6.45, 7) is 15.5. The lowest BCUT2D eigenvalue weighted by Crippen LogP contribution is -2.22. The first-order chi connectivity index (χ1) is 6.66. The summed E-state index contributed by atoms with van der Waals surface area (Å²) in [5, 5.41) is 4.68. The fraction of sp³-hybridized carbons (Fsp3) is 0.769. The Bertz CT molecular complexity index is 334. The van der Waals surface area contributed by atoms with Gasteiger partial charge in [0.15, 0.2) is 0 Å². The summed E-state index contributed by atoms with van der Waals surface area (Å²) in [5.74, 6) is 0. The molecule has 0 amide bonds.